The van der Waals surface area contributed by atoms with Gasteiger partial charge in [0.25, 0.3) is 0 Å². The van der Waals surface area contributed by atoms with Crippen LogP contribution in [-0.2, 0) is 4.74 Å². The molecular weight excluding hydrogens is 326 g/mol. The summed E-state index contributed by atoms with van der Waals surface area (Å²) in [6.45, 7) is 5.83. The quantitative estimate of drug-likeness (QED) is 0.891. The molecule has 1 atom stereocenters. The third-order valence-corrected chi connectivity index (χ3v) is 4.87. The van der Waals surface area contributed by atoms with Crippen molar-refractivity contribution in [2.24, 2.45) is 0 Å². The topological polar surface area (TPSA) is 54.5 Å². The Kier molecular flexibility index (Phi) is 6.23. The molecule has 138 valence electrons. The summed E-state index contributed by atoms with van der Waals surface area (Å²) in [5.74, 6) is 0. The highest BCUT2D eigenvalue weighted by Gasteiger charge is 2.26. The Morgan fingerprint density at radius 3 is 2.38 bits per heavy atom. The number of hydrogen-bond donors (Lipinski definition) is 1. The van der Waals surface area contributed by atoms with Crippen LogP contribution >= 0.6 is 0 Å². The number of amides is 1. The number of likely N-dealkylation sites (tertiary alicyclic amines) is 1. The molecule has 3 rings (SSSR count). The van der Waals surface area contributed by atoms with Crippen molar-refractivity contribution < 1.29 is 9.53 Å². The van der Waals surface area contributed by atoms with E-state index in [4.69, 9.17) is 4.74 Å². The van der Waals surface area contributed by atoms with Crippen LogP contribution in [0.25, 0.3) is 0 Å². The molecule has 1 aromatic carbocycles. The van der Waals surface area contributed by atoms with Gasteiger partial charge < -0.3 is 15.0 Å². The molecule has 1 amide bonds. The van der Waals surface area contributed by atoms with Crippen molar-refractivity contribution >= 4 is 6.09 Å². The number of aromatic nitrogens is 1. The molecule has 0 radical (unpaired) electrons. The molecule has 2 aromatic rings. The predicted molar refractivity (Wildman–Crippen MR) is 102 cm³/mol. The molecule has 5 heteroatoms. The minimum Gasteiger partial charge on any atom is -0.450 e. The number of aryl methyl sites for hydroxylation is 1. The number of pyridine rings is 1. The minimum absolute atomic E-state index is 0.123. The lowest BCUT2D eigenvalue weighted by Crippen LogP contribution is -2.46. The smallest absolute Gasteiger partial charge is 0.409 e. The predicted octanol–water partition coefficient (Wildman–Crippen LogP) is 3.69. The normalized spacial score (nSPS) is 16.3. The lowest BCUT2D eigenvalue weighted by atomic mass is 9.95. The molecule has 0 spiro atoms. The lowest BCUT2D eigenvalue weighted by Gasteiger charge is -2.34. The van der Waals surface area contributed by atoms with E-state index in [9.17, 15) is 4.79 Å². The van der Waals surface area contributed by atoms with E-state index in [0.29, 0.717) is 12.6 Å². The molecule has 1 aliphatic rings. The average molecular weight is 353 g/mol. The minimum atomic E-state index is -0.199. The monoisotopic (exact) mass is 353 g/mol. The van der Waals surface area contributed by atoms with Gasteiger partial charge in [-0.15, -0.1) is 0 Å². The largest absolute Gasteiger partial charge is 0.450 e. The van der Waals surface area contributed by atoms with E-state index in [0.717, 1.165) is 25.9 Å². The summed E-state index contributed by atoms with van der Waals surface area (Å²) in [5, 5.41) is 3.79. The molecular formula is C21H27N3O2. The molecule has 5 nitrogen and oxygen atoms in total. The van der Waals surface area contributed by atoms with E-state index < -0.39 is 0 Å². The third kappa shape index (κ3) is 4.61. The second-order valence-corrected chi connectivity index (χ2v) is 6.75. The Labute approximate surface area is 155 Å². The van der Waals surface area contributed by atoms with Gasteiger partial charge in [0.2, 0.25) is 0 Å². The van der Waals surface area contributed by atoms with Crippen LogP contribution < -0.4 is 5.32 Å². The Morgan fingerprint density at radius 1 is 1.15 bits per heavy atom. The first-order valence-electron chi connectivity index (χ1n) is 9.31. The summed E-state index contributed by atoms with van der Waals surface area (Å²) in [6, 6.07) is 13.3. The van der Waals surface area contributed by atoms with Crippen molar-refractivity contribution in [1.29, 1.82) is 0 Å². The van der Waals surface area contributed by atoms with E-state index in [1.165, 1.54) is 16.7 Å². The third-order valence-electron chi connectivity index (χ3n) is 4.87. The van der Waals surface area contributed by atoms with Gasteiger partial charge in [-0.05, 0) is 49.9 Å². The zero-order chi connectivity index (χ0) is 18.4. The number of hydrogen-bond acceptors (Lipinski definition) is 4. The van der Waals surface area contributed by atoms with Gasteiger partial charge in [0.05, 0.1) is 12.6 Å². The van der Waals surface area contributed by atoms with Crippen LogP contribution in [0.2, 0.25) is 0 Å². The highest BCUT2D eigenvalue weighted by Crippen LogP contribution is 2.25. The van der Waals surface area contributed by atoms with Crippen LogP contribution in [0.5, 0.6) is 0 Å². The molecule has 1 aliphatic heterocycles. The summed E-state index contributed by atoms with van der Waals surface area (Å²) < 4.78 is 5.11. The molecule has 1 saturated heterocycles. The van der Waals surface area contributed by atoms with Gasteiger partial charge >= 0.3 is 6.09 Å². The molecule has 1 fully saturated rings. The van der Waals surface area contributed by atoms with Crippen molar-refractivity contribution in [3.8, 4) is 0 Å². The Balaban J connectivity index is 1.69. The summed E-state index contributed by atoms with van der Waals surface area (Å²) in [4.78, 5) is 17.8. The maximum absolute atomic E-state index is 11.9. The van der Waals surface area contributed by atoms with Crippen molar-refractivity contribution in [2.75, 3.05) is 19.7 Å². The number of nitrogens with zero attached hydrogens (tertiary/aromatic N) is 2. The fourth-order valence-corrected chi connectivity index (χ4v) is 3.38. The summed E-state index contributed by atoms with van der Waals surface area (Å²) in [7, 11) is 0. The van der Waals surface area contributed by atoms with Gasteiger partial charge in [-0.2, -0.15) is 0 Å². The molecule has 26 heavy (non-hydrogen) atoms. The van der Waals surface area contributed by atoms with Gasteiger partial charge in [0.15, 0.2) is 0 Å². The summed E-state index contributed by atoms with van der Waals surface area (Å²) >= 11 is 0. The van der Waals surface area contributed by atoms with Crippen LogP contribution in [-0.4, -0.2) is 41.7 Å². The van der Waals surface area contributed by atoms with E-state index in [1.807, 2.05) is 19.3 Å². The van der Waals surface area contributed by atoms with Crippen molar-refractivity contribution in [3.05, 3.63) is 65.5 Å². The number of nitrogens with one attached hydrogen (secondary N) is 1. The summed E-state index contributed by atoms with van der Waals surface area (Å²) in [6.07, 6.45) is 5.32. The molecule has 0 aliphatic carbocycles. The lowest BCUT2D eigenvalue weighted by molar-refractivity contribution is 0.0945. The van der Waals surface area contributed by atoms with Crippen LogP contribution in [0.3, 0.4) is 0 Å². The first kappa shape index (κ1) is 18.4. The van der Waals surface area contributed by atoms with Gasteiger partial charge in [-0.1, -0.05) is 29.8 Å². The SMILES string of the molecule is CCOC(=O)N1CCC(N[C@H](c2ccncc2)c2ccc(C)cc2)CC1. The number of carbonyl (C=O) groups is 1. The Bertz CT molecular complexity index is 695. The maximum Gasteiger partial charge on any atom is 0.409 e. The van der Waals surface area contributed by atoms with Gasteiger partial charge in [-0.3, -0.25) is 4.98 Å². The van der Waals surface area contributed by atoms with E-state index in [1.54, 1.807) is 4.90 Å². The fraction of sp³-hybridized carbons (Fsp3) is 0.429. The number of benzene rings is 1. The standard InChI is InChI=1S/C21H27N3O2/c1-3-26-21(25)24-14-10-19(11-15-24)23-20(18-8-12-22-13-9-18)17-6-4-16(2)5-7-17/h4-9,12-13,19-20,23H,3,10-11,14-15H2,1-2H3/t20-/m0/s1. The van der Waals surface area contributed by atoms with Crippen LogP contribution in [0, 0.1) is 6.92 Å². The number of ether oxygens (including phenoxy) is 1. The van der Waals surface area contributed by atoms with Gasteiger partial charge in [-0.25, -0.2) is 4.79 Å². The van der Waals surface area contributed by atoms with E-state index in [2.05, 4.69) is 53.6 Å². The molecule has 0 bridgehead atoms. The van der Waals surface area contributed by atoms with Crippen molar-refractivity contribution in [2.45, 2.75) is 38.8 Å². The summed E-state index contributed by atoms with van der Waals surface area (Å²) in [5.41, 5.74) is 3.70. The maximum atomic E-state index is 11.9. The molecule has 2 heterocycles. The zero-order valence-electron chi connectivity index (χ0n) is 15.5. The molecule has 1 aromatic heterocycles. The first-order chi connectivity index (χ1) is 12.7. The second-order valence-electron chi connectivity index (χ2n) is 6.75. The Hall–Kier alpha value is -2.40. The van der Waals surface area contributed by atoms with Crippen LogP contribution in [0.15, 0.2) is 48.8 Å². The Morgan fingerprint density at radius 2 is 1.77 bits per heavy atom. The number of rotatable bonds is 5. The molecule has 0 saturated carbocycles. The van der Waals surface area contributed by atoms with Gasteiger partial charge in [0.1, 0.15) is 0 Å². The fourth-order valence-electron chi connectivity index (χ4n) is 3.38. The zero-order valence-corrected chi connectivity index (χ0v) is 15.5. The van der Waals surface area contributed by atoms with Crippen molar-refractivity contribution in [1.82, 2.24) is 15.2 Å². The van der Waals surface area contributed by atoms with Crippen molar-refractivity contribution in [3.63, 3.8) is 0 Å². The first-order valence-corrected chi connectivity index (χ1v) is 9.31. The second kappa shape index (κ2) is 8.81. The van der Waals surface area contributed by atoms with Gasteiger partial charge in [0, 0.05) is 31.5 Å². The molecule has 1 N–H and O–H groups in total. The van der Waals surface area contributed by atoms with Crippen LogP contribution in [0.4, 0.5) is 4.79 Å². The average Bonchev–Trinajstić information content (AvgIpc) is 2.68. The number of carbonyl (C=O) groups excluding carboxylic acids is 1. The highest BCUT2D eigenvalue weighted by molar-refractivity contribution is 5.67. The highest BCUT2D eigenvalue weighted by atomic mass is 16.6. The van der Waals surface area contributed by atoms with E-state index >= 15 is 0 Å². The van der Waals surface area contributed by atoms with E-state index in [-0.39, 0.29) is 12.1 Å². The van der Waals surface area contributed by atoms with Crippen LogP contribution in [0.1, 0.15) is 42.5 Å². The number of piperidine rings is 1. The molecule has 0 unspecified atom stereocenters.